The SMILES string of the molecule is Cc1cc(OCC(=O)Nc2ccc3c(c2)NC(=O)[C@@H](C)O3)c(C(C)C)cc1Cl. The van der Waals surface area contributed by atoms with Crippen molar-refractivity contribution in [2.75, 3.05) is 17.2 Å². The average molecular weight is 403 g/mol. The molecule has 1 heterocycles. The lowest BCUT2D eigenvalue weighted by Crippen LogP contribution is -2.34. The second kappa shape index (κ2) is 8.10. The Labute approximate surface area is 169 Å². The minimum atomic E-state index is -0.542. The number of amides is 2. The summed E-state index contributed by atoms with van der Waals surface area (Å²) in [6.07, 6.45) is -0.542. The fourth-order valence-corrected chi connectivity index (χ4v) is 3.05. The van der Waals surface area contributed by atoms with Crippen LogP contribution in [0.3, 0.4) is 0 Å². The van der Waals surface area contributed by atoms with Crippen LogP contribution in [-0.4, -0.2) is 24.5 Å². The van der Waals surface area contributed by atoms with Crippen molar-refractivity contribution in [3.63, 3.8) is 0 Å². The Morgan fingerprint density at radius 3 is 2.79 bits per heavy atom. The zero-order valence-corrected chi connectivity index (χ0v) is 17.0. The number of benzene rings is 2. The van der Waals surface area contributed by atoms with Crippen LogP contribution in [0.4, 0.5) is 11.4 Å². The fraction of sp³-hybridized carbons (Fsp3) is 0.333. The molecule has 0 aromatic heterocycles. The predicted molar refractivity (Wildman–Crippen MR) is 110 cm³/mol. The van der Waals surface area contributed by atoms with Gasteiger partial charge in [-0.1, -0.05) is 25.4 Å². The molecule has 0 spiro atoms. The molecule has 1 atom stereocenters. The number of nitrogens with one attached hydrogen (secondary N) is 2. The summed E-state index contributed by atoms with van der Waals surface area (Å²) in [6, 6.07) is 8.80. The minimum Gasteiger partial charge on any atom is -0.483 e. The van der Waals surface area contributed by atoms with E-state index in [-0.39, 0.29) is 24.3 Å². The zero-order chi connectivity index (χ0) is 20.4. The molecule has 0 bridgehead atoms. The van der Waals surface area contributed by atoms with Gasteiger partial charge < -0.3 is 20.1 Å². The molecule has 2 N–H and O–H groups in total. The lowest BCUT2D eigenvalue weighted by atomic mass is 10.0. The normalized spacial score (nSPS) is 15.5. The maximum atomic E-state index is 12.3. The Morgan fingerprint density at radius 1 is 1.32 bits per heavy atom. The number of hydrogen-bond donors (Lipinski definition) is 2. The minimum absolute atomic E-state index is 0.141. The van der Waals surface area contributed by atoms with Gasteiger partial charge in [0.2, 0.25) is 0 Å². The first-order chi connectivity index (χ1) is 13.2. The summed E-state index contributed by atoms with van der Waals surface area (Å²) in [5.74, 6) is 0.895. The molecule has 0 aliphatic carbocycles. The van der Waals surface area contributed by atoms with Crippen molar-refractivity contribution in [1.29, 1.82) is 0 Å². The lowest BCUT2D eigenvalue weighted by Gasteiger charge is -2.23. The standard InChI is InChI=1S/C21H23ClN2O4/c1-11(2)15-9-16(22)12(3)7-19(15)27-10-20(25)23-14-5-6-18-17(8-14)24-21(26)13(4)28-18/h5-9,11,13H,10H2,1-4H3,(H,23,25)(H,24,26)/t13-/m1/s1. The molecule has 0 fully saturated rings. The summed E-state index contributed by atoms with van der Waals surface area (Å²) in [6.45, 7) is 7.51. The third kappa shape index (κ3) is 4.39. The Balaban J connectivity index is 1.67. The van der Waals surface area contributed by atoms with E-state index in [1.807, 2.05) is 32.9 Å². The second-order valence-electron chi connectivity index (χ2n) is 7.09. The van der Waals surface area contributed by atoms with Gasteiger partial charge in [0.1, 0.15) is 11.5 Å². The first-order valence-electron chi connectivity index (χ1n) is 9.09. The van der Waals surface area contributed by atoms with Crippen LogP contribution in [0.1, 0.15) is 37.8 Å². The van der Waals surface area contributed by atoms with Gasteiger partial charge in [0.05, 0.1) is 5.69 Å². The van der Waals surface area contributed by atoms with E-state index in [0.29, 0.717) is 27.9 Å². The summed E-state index contributed by atoms with van der Waals surface area (Å²) in [5.41, 5.74) is 2.91. The second-order valence-corrected chi connectivity index (χ2v) is 7.50. The molecule has 28 heavy (non-hydrogen) atoms. The highest BCUT2D eigenvalue weighted by molar-refractivity contribution is 6.31. The Morgan fingerprint density at radius 2 is 2.07 bits per heavy atom. The van der Waals surface area contributed by atoms with Crippen molar-refractivity contribution in [3.05, 3.63) is 46.5 Å². The van der Waals surface area contributed by atoms with Crippen LogP contribution in [0.5, 0.6) is 11.5 Å². The van der Waals surface area contributed by atoms with Gasteiger partial charge in [0, 0.05) is 10.7 Å². The van der Waals surface area contributed by atoms with Crippen molar-refractivity contribution in [1.82, 2.24) is 0 Å². The van der Waals surface area contributed by atoms with Crippen LogP contribution >= 0.6 is 11.6 Å². The van der Waals surface area contributed by atoms with Crippen LogP contribution in [0, 0.1) is 6.92 Å². The summed E-state index contributed by atoms with van der Waals surface area (Å²) in [7, 11) is 0. The van der Waals surface area contributed by atoms with E-state index < -0.39 is 6.10 Å². The number of hydrogen-bond acceptors (Lipinski definition) is 4. The van der Waals surface area contributed by atoms with Crippen LogP contribution in [0.25, 0.3) is 0 Å². The highest BCUT2D eigenvalue weighted by Crippen LogP contribution is 2.33. The monoisotopic (exact) mass is 402 g/mol. The van der Waals surface area contributed by atoms with Gasteiger partial charge >= 0.3 is 0 Å². The molecule has 2 amide bonds. The van der Waals surface area contributed by atoms with Crippen LogP contribution < -0.4 is 20.1 Å². The molecular formula is C21H23ClN2O4. The van der Waals surface area contributed by atoms with Gasteiger partial charge in [-0.05, 0) is 61.2 Å². The first-order valence-corrected chi connectivity index (χ1v) is 9.46. The van der Waals surface area contributed by atoms with Crippen LogP contribution in [0.15, 0.2) is 30.3 Å². The number of anilines is 2. The summed E-state index contributed by atoms with van der Waals surface area (Å²) in [5, 5.41) is 6.19. The molecular weight excluding hydrogens is 380 g/mol. The summed E-state index contributed by atoms with van der Waals surface area (Å²) >= 11 is 6.20. The van der Waals surface area contributed by atoms with Crippen LogP contribution in [0.2, 0.25) is 5.02 Å². The van der Waals surface area contributed by atoms with Gasteiger partial charge in [0.15, 0.2) is 12.7 Å². The Hall–Kier alpha value is -2.73. The number of fused-ring (bicyclic) bond motifs is 1. The van der Waals surface area contributed by atoms with Crippen molar-refractivity contribution in [2.45, 2.75) is 39.7 Å². The molecule has 0 radical (unpaired) electrons. The van der Waals surface area contributed by atoms with E-state index in [0.717, 1.165) is 11.1 Å². The van der Waals surface area contributed by atoms with Gasteiger partial charge in [-0.15, -0.1) is 0 Å². The number of rotatable bonds is 5. The fourth-order valence-electron chi connectivity index (χ4n) is 2.87. The topological polar surface area (TPSA) is 76.7 Å². The molecule has 7 heteroatoms. The molecule has 6 nitrogen and oxygen atoms in total. The highest BCUT2D eigenvalue weighted by Gasteiger charge is 2.23. The van der Waals surface area contributed by atoms with E-state index >= 15 is 0 Å². The average Bonchev–Trinajstić information content (AvgIpc) is 2.63. The largest absolute Gasteiger partial charge is 0.483 e. The molecule has 1 aliphatic heterocycles. The smallest absolute Gasteiger partial charge is 0.265 e. The number of halogens is 1. The van der Waals surface area contributed by atoms with Crippen molar-refractivity contribution in [3.8, 4) is 11.5 Å². The van der Waals surface area contributed by atoms with Gasteiger partial charge in [0.25, 0.3) is 11.8 Å². The molecule has 148 valence electrons. The maximum absolute atomic E-state index is 12.3. The number of carbonyl (C=O) groups is 2. The molecule has 2 aromatic carbocycles. The summed E-state index contributed by atoms with van der Waals surface area (Å²) in [4.78, 5) is 24.1. The van der Waals surface area contributed by atoms with E-state index in [1.165, 1.54) is 0 Å². The van der Waals surface area contributed by atoms with E-state index in [9.17, 15) is 9.59 Å². The molecule has 0 unspecified atom stereocenters. The van der Waals surface area contributed by atoms with Crippen molar-refractivity contribution in [2.24, 2.45) is 0 Å². The van der Waals surface area contributed by atoms with E-state index in [1.54, 1.807) is 25.1 Å². The quantitative estimate of drug-likeness (QED) is 0.771. The lowest BCUT2D eigenvalue weighted by molar-refractivity contribution is -0.122. The van der Waals surface area contributed by atoms with Gasteiger partial charge in [-0.25, -0.2) is 0 Å². The number of carbonyl (C=O) groups excluding carboxylic acids is 2. The van der Waals surface area contributed by atoms with Gasteiger partial charge in [-0.2, -0.15) is 0 Å². The highest BCUT2D eigenvalue weighted by atomic mass is 35.5. The Bertz CT molecular complexity index is 927. The molecule has 0 saturated carbocycles. The van der Waals surface area contributed by atoms with Crippen molar-refractivity contribution >= 4 is 34.8 Å². The molecule has 3 rings (SSSR count). The zero-order valence-electron chi connectivity index (χ0n) is 16.3. The molecule has 0 saturated heterocycles. The predicted octanol–water partition coefficient (Wildman–Crippen LogP) is 4.51. The van der Waals surface area contributed by atoms with Gasteiger partial charge in [-0.3, -0.25) is 9.59 Å². The first kappa shape index (κ1) is 20.0. The molecule has 2 aromatic rings. The Kier molecular flexibility index (Phi) is 5.79. The third-order valence-electron chi connectivity index (χ3n) is 4.47. The van der Waals surface area contributed by atoms with Crippen molar-refractivity contribution < 1.29 is 19.1 Å². The maximum Gasteiger partial charge on any atom is 0.265 e. The van der Waals surface area contributed by atoms with Crippen LogP contribution in [-0.2, 0) is 9.59 Å². The summed E-state index contributed by atoms with van der Waals surface area (Å²) < 4.78 is 11.3. The van der Waals surface area contributed by atoms with E-state index in [2.05, 4.69) is 10.6 Å². The number of aryl methyl sites for hydroxylation is 1. The third-order valence-corrected chi connectivity index (χ3v) is 4.87. The molecule has 1 aliphatic rings. The van der Waals surface area contributed by atoms with E-state index in [4.69, 9.17) is 21.1 Å². The number of ether oxygens (including phenoxy) is 2.